The predicted octanol–water partition coefficient (Wildman–Crippen LogP) is 9.36. The van der Waals surface area contributed by atoms with Crippen LogP contribution in [0.15, 0.2) is 97.1 Å². The molecule has 0 radical (unpaired) electrons. The highest BCUT2D eigenvalue weighted by atomic mass is 19.4. The van der Waals surface area contributed by atoms with Crippen molar-refractivity contribution in [1.82, 2.24) is 0 Å². The highest BCUT2D eigenvalue weighted by Gasteiger charge is 2.30. The lowest BCUT2D eigenvalue weighted by molar-refractivity contribution is -0.138. The van der Waals surface area contributed by atoms with Crippen LogP contribution in [0.25, 0.3) is 43.8 Å². The molecule has 0 nitrogen and oxygen atoms in total. The maximum Gasteiger partial charge on any atom is 0.416 e. The molecular weight excluding hydrogens is 450 g/mol. The third-order valence-electron chi connectivity index (χ3n) is 5.93. The summed E-state index contributed by atoms with van der Waals surface area (Å²) in [7, 11) is 0. The summed E-state index contributed by atoms with van der Waals surface area (Å²) in [4.78, 5) is 0. The van der Waals surface area contributed by atoms with E-state index in [-0.39, 0.29) is 0 Å². The molecule has 0 bridgehead atoms. The Bertz CT molecular complexity index is 1380. The molecule has 6 heteroatoms. The fourth-order valence-corrected chi connectivity index (χ4v) is 4.23. The lowest BCUT2D eigenvalue weighted by atomic mass is 9.92. The van der Waals surface area contributed by atoms with Crippen molar-refractivity contribution in [1.29, 1.82) is 0 Å². The van der Waals surface area contributed by atoms with Crippen molar-refractivity contribution < 1.29 is 26.3 Å². The van der Waals surface area contributed by atoms with Crippen LogP contribution >= 0.6 is 0 Å². The molecule has 5 aromatic rings. The summed E-state index contributed by atoms with van der Waals surface area (Å²) >= 11 is 0. The third kappa shape index (κ3) is 4.00. The first-order valence-electron chi connectivity index (χ1n) is 10.4. The fourth-order valence-electron chi connectivity index (χ4n) is 4.23. The Morgan fingerprint density at radius 3 is 1.15 bits per heavy atom. The average molecular weight is 466 g/mol. The largest absolute Gasteiger partial charge is 0.416 e. The molecule has 0 atom stereocenters. The maximum atomic E-state index is 13.0. The average Bonchev–Trinajstić information content (AvgIpc) is 2.81. The summed E-state index contributed by atoms with van der Waals surface area (Å²) in [6.45, 7) is 0. The summed E-state index contributed by atoms with van der Waals surface area (Å²) in [6, 6.07) is 25.2. The van der Waals surface area contributed by atoms with Crippen LogP contribution in [-0.2, 0) is 12.4 Å². The van der Waals surface area contributed by atoms with Crippen LogP contribution < -0.4 is 0 Å². The van der Waals surface area contributed by atoms with Gasteiger partial charge in [-0.3, -0.25) is 0 Å². The molecule has 0 aliphatic rings. The van der Waals surface area contributed by atoms with Crippen LogP contribution in [0, 0.1) is 0 Å². The minimum atomic E-state index is -4.41. The molecule has 0 amide bonds. The monoisotopic (exact) mass is 466 g/mol. The van der Waals surface area contributed by atoms with Gasteiger partial charge < -0.3 is 0 Å². The molecule has 0 N–H and O–H groups in total. The number of halogens is 6. The van der Waals surface area contributed by atoms with Gasteiger partial charge >= 0.3 is 12.4 Å². The van der Waals surface area contributed by atoms with Crippen LogP contribution in [0.1, 0.15) is 11.1 Å². The van der Waals surface area contributed by atoms with E-state index in [0.29, 0.717) is 11.1 Å². The fraction of sp³-hybridized carbons (Fsp3) is 0.0714. The van der Waals surface area contributed by atoms with E-state index in [9.17, 15) is 26.3 Å². The zero-order valence-electron chi connectivity index (χ0n) is 17.5. The second-order valence-corrected chi connectivity index (χ2v) is 8.06. The van der Waals surface area contributed by atoms with Crippen LogP contribution in [-0.4, -0.2) is 0 Å². The first-order chi connectivity index (χ1) is 16.1. The molecule has 34 heavy (non-hydrogen) atoms. The molecule has 0 saturated carbocycles. The summed E-state index contributed by atoms with van der Waals surface area (Å²) in [5.74, 6) is 0. The second-order valence-electron chi connectivity index (χ2n) is 8.06. The standard InChI is InChI=1S/C28H16F6/c29-27(30,31)21-11-7-17(8-12-21)23-5-1-3-19-15-20-4-2-6-24(26(20)16-25(19)23)18-9-13-22(14-10-18)28(32,33)34/h1-16H. The first kappa shape index (κ1) is 22.0. The lowest BCUT2D eigenvalue weighted by Crippen LogP contribution is -2.04. The first-order valence-corrected chi connectivity index (χ1v) is 10.4. The van der Waals surface area contributed by atoms with Crippen LogP contribution in [0.4, 0.5) is 26.3 Å². The quantitative estimate of drug-likeness (QED) is 0.180. The van der Waals surface area contributed by atoms with Crippen molar-refractivity contribution in [3.05, 3.63) is 108 Å². The molecule has 0 unspecified atom stereocenters. The van der Waals surface area contributed by atoms with E-state index in [1.807, 2.05) is 48.5 Å². The van der Waals surface area contributed by atoms with Crippen molar-refractivity contribution in [3.63, 3.8) is 0 Å². The van der Waals surface area contributed by atoms with E-state index in [1.54, 1.807) is 0 Å². The molecule has 0 spiro atoms. The Kier molecular flexibility index (Phi) is 5.12. The Balaban J connectivity index is 1.67. The molecule has 5 rings (SSSR count). The van der Waals surface area contributed by atoms with Crippen LogP contribution in [0.2, 0.25) is 0 Å². The van der Waals surface area contributed by atoms with Gasteiger partial charge in [0.2, 0.25) is 0 Å². The Morgan fingerprint density at radius 2 is 0.794 bits per heavy atom. The SMILES string of the molecule is FC(F)(F)c1ccc(-c2cccc3cc4cccc(-c5ccc(C(F)(F)F)cc5)c4cc23)cc1. The van der Waals surface area contributed by atoms with Gasteiger partial charge in [-0.05, 0) is 80.2 Å². The normalized spacial score (nSPS) is 12.4. The predicted molar refractivity (Wildman–Crippen MR) is 122 cm³/mol. The molecule has 5 aromatic carbocycles. The summed E-state index contributed by atoms with van der Waals surface area (Å²) in [5, 5.41) is 3.51. The van der Waals surface area contributed by atoms with Crippen molar-refractivity contribution in [3.8, 4) is 22.3 Å². The Labute approximate surface area is 191 Å². The number of fused-ring (bicyclic) bond motifs is 2. The molecule has 170 valence electrons. The number of hydrogen-bond donors (Lipinski definition) is 0. The number of hydrogen-bond acceptors (Lipinski definition) is 0. The van der Waals surface area contributed by atoms with E-state index in [0.717, 1.165) is 56.9 Å². The number of rotatable bonds is 2. The Morgan fingerprint density at radius 1 is 0.412 bits per heavy atom. The van der Waals surface area contributed by atoms with Gasteiger partial charge in [-0.15, -0.1) is 0 Å². The van der Waals surface area contributed by atoms with Gasteiger partial charge in [0.15, 0.2) is 0 Å². The van der Waals surface area contributed by atoms with E-state index in [2.05, 4.69) is 0 Å². The minimum Gasteiger partial charge on any atom is -0.166 e. The van der Waals surface area contributed by atoms with Gasteiger partial charge in [0, 0.05) is 0 Å². The van der Waals surface area contributed by atoms with Gasteiger partial charge in [-0.2, -0.15) is 26.3 Å². The summed E-state index contributed by atoms with van der Waals surface area (Å²) < 4.78 is 77.9. The number of benzene rings is 5. The highest BCUT2D eigenvalue weighted by molar-refractivity contribution is 6.09. The van der Waals surface area contributed by atoms with Crippen LogP contribution in [0.5, 0.6) is 0 Å². The van der Waals surface area contributed by atoms with Crippen molar-refractivity contribution in [2.24, 2.45) is 0 Å². The lowest BCUT2D eigenvalue weighted by Gasteiger charge is -2.13. The summed E-state index contributed by atoms with van der Waals surface area (Å²) in [6.07, 6.45) is -8.83. The van der Waals surface area contributed by atoms with Gasteiger partial charge in [-0.25, -0.2) is 0 Å². The van der Waals surface area contributed by atoms with Crippen molar-refractivity contribution >= 4 is 21.5 Å². The molecule has 0 saturated heterocycles. The summed E-state index contributed by atoms with van der Waals surface area (Å²) in [5.41, 5.74) is 1.40. The Hall–Kier alpha value is -3.80. The smallest absolute Gasteiger partial charge is 0.166 e. The molecule has 0 aliphatic heterocycles. The third-order valence-corrected chi connectivity index (χ3v) is 5.93. The van der Waals surface area contributed by atoms with E-state index in [1.165, 1.54) is 24.3 Å². The van der Waals surface area contributed by atoms with Gasteiger partial charge in [0.1, 0.15) is 0 Å². The zero-order valence-corrected chi connectivity index (χ0v) is 17.5. The van der Waals surface area contributed by atoms with E-state index in [4.69, 9.17) is 0 Å². The highest BCUT2D eigenvalue weighted by Crippen LogP contribution is 2.38. The van der Waals surface area contributed by atoms with Gasteiger partial charge in [-0.1, -0.05) is 60.7 Å². The molecule has 0 heterocycles. The van der Waals surface area contributed by atoms with E-state index >= 15 is 0 Å². The molecular formula is C28H16F6. The van der Waals surface area contributed by atoms with E-state index < -0.39 is 23.5 Å². The van der Waals surface area contributed by atoms with Crippen molar-refractivity contribution in [2.45, 2.75) is 12.4 Å². The molecule has 0 aromatic heterocycles. The zero-order chi connectivity index (χ0) is 24.1. The minimum absolute atomic E-state index is 0.643. The maximum absolute atomic E-state index is 13.0. The number of alkyl halides is 6. The van der Waals surface area contributed by atoms with Crippen LogP contribution in [0.3, 0.4) is 0 Å². The topological polar surface area (TPSA) is 0 Å². The van der Waals surface area contributed by atoms with Crippen molar-refractivity contribution in [2.75, 3.05) is 0 Å². The van der Waals surface area contributed by atoms with Gasteiger partial charge in [0.05, 0.1) is 11.1 Å². The van der Waals surface area contributed by atoms with Gasteiger partial charge in [0.25, 0.3) is 0 Å². The second kappa shape index (κ2) is 7.90. The molecule has 0 aliphatic carbocycles. The molecule has 0 fully saturated rings.